The van der Waals surface area contributed by atoms with E-state index in [9.17, 15) is 9.59 Å². The summed E-state index contributed by atoms with van der Waals surface area (Å²) in [6, 6.07) is 3.99. The van der Waals surface area contributed by atoms with E-state index in [1.165, 1.54) is 17.0 Å². The first-order valence-electron chi connectivity index (χ1n) is 4.01. The van der Waals surface area contributed by atoms with Gasteiger partial charge in [-0.15, -0.1) is 0 Å². The molecule has 0 saturated carbocycles. The van der Waals surface area contributed by atoms with Gasteiger partial charge in [-0.1, -0.05) is 6.07 Å². The van der Waals surface area contributed by atoms with Crippen LogP contribution in [0.5, 0.6) is 0 Å². The third-order valence-electron chi connectivity index (χ3n) is 1.75. The monoisotopic (exact) mass is 196 g/mol. The van der Waals surface area contributed by atoms with Crippen LogP contribution in [0.15, 0.2) is 30.6 Å². The molecule has 0 saturated heterocycles. The number of carbonyl (C=O) groups is 2. The number of carboxylic acids is 2. The minimum Gasteiger partial charge on any atom is -0.481 e. The minimum absolute atomic E-state index is 0.427. The van der Waals surface area contributed by atoms with Crippen LogP contribution >= 0.6 is 0 Å². The molecule has 0 unspecified atom stereocenters. The number of rotatable bonds is 4. The lowest BCUT2D eigenvalue weighted by molar-refractivity contribution is -0.710. The molecular formula is C9H10NO4+. The van der Waals surface area contributed by atoms with Gasteiger partial charge >= 0.3 is 11.9 Å². The van der Waals surface area contributed by atoms with E-state index in [1.54, 1.807) is 18.2 Å². The molecule has 0 spiro atoms. The highest BCUT2D eigenvalue weighted by Crippen LogP contribution is 2.02. The van der Waals surface area contributed by atoms with Crippen molar-refractivity contribution in [1.82, 2.24) is 0 Å². The summed E-state index contributed by atoms with van der Waals surface area (Å²) in [5.41, 5.74) is 0. The van der Waals surface area contributed by atoms with Gasteiger partial charge in [0.25, 0.3) is 6.04 Å². The first kappa shape index (κ1) is 10.2. The van der Waals surface area contributed by atoms with E-state index in [-0.39, 0.29) is 0 Å². The van der Waals surface area contributed by atoms with Crippen molar-refractivity contribution in [2.45, 2.75) is 12.5 Å². The Morgan fingerprint density at radius 1 is 1.14 bits per heavy atom. The maximum absolute atomic E-state index is 10.8. The largest absolute Gasteiger partial charge is 0.481 e. The molecule has 74 valence electrons. The van der Waals surface area contributed by atoms with E-state index in [4.69, 9.17) is 10.2 Å². The van der Waals surface area contributed by atoms with Crippen molar-refractivity contribution in [2.24, 2.45) is 0 Å². The first-order valence-corrected chi connectivity index (χ1v) is 4.01. The zero-order valence-electron chi connectivity index (χ0n) is 7.33. The summed E-state index contributed by atoms with van der Waals surface area (Å²) in [6.45, 7) is 0. The fraction of sp³-hybridized carbons (Fsp3) is 0.222. The van der Waals surface area contributed by atoms with E-state index >= 15 is 0 Å². The van der Waals surface area contributed by atoms with Crippen LogP contribution in [-0.2, 0) is 9.59 Å². The Labute approximate surface area is 80.2 Å². The van der Waals surface area contributed by atoms with Crippen molar-refractivity contribution in [3.8, 4) is 0 Å². The Hall–Kier alpha value is -1.91. The summed E-state index contributed by atoms with van der Waals surface area (Å²) in [4.78, 5) is 21.2. The van der Waals surface area contributed by atoms with Gasteiger partial charge in [-0.05, 0) is 0 Å². The molecule has 1 aromatic heterocycles. The van der Waals surface area contributed by atoms with Crippen molar-refractivity contribution in [3.63, 3.8) is 0 Å². The Morgan fingerprint density at radius 3 is 2.14 bits per heavy atom. The molecule has 0 fully saturated rings. The van der Waals surface area contributed by atoms with Crippen LogP contribution in [0.2, 0.25) is 0 Å². The normalized spacial score (nSPS) is 12.0. The van der Waals surface area contributed by atoms with E-state index in [0.717, 1.165) is 0 Å². The SMILES string of the molecule is O=C(O)C[C@@H](C(=O)O)[n+]1ccccc1. The van der Waals surface area contributed by atoms with Crippen LogP contribution in [-0.4, -0.2) is 22.2 Å². The fourth-order valence-corrected chi connectivity index (χ4v) is 1.11. The van der Waals surface area contributed by atoms with Crippen molar-refractivity contribution in [3.05, 3.63) is 30.6 Å². The van der Waals surface area contributed by atoms with Gasteiger partial charge in [-0.3, -0.25) is 4.79 Å². The summed E-state index contributed by atoms with van der Waals surface area (Å²) in [5, 5.41) is 17.3. The number of hydrogen-bond donors (Lipinski definition) is 2. The van der Waals surface area contributed by atoms with Gasteiger partial charge in [0, 0.05) is 12.1 Å². The molecule has 5 heteroatoms. The predicted molar refractivity (Wildman–Crippen MR) is 45.6 cm³/mol. The molecule has 5 nitrogen and oxygen atoms in total. The number of carboxylic acid groups (broad SMARTS) is 2. The van der Waals surface area contributed by atoms with Crippen LogP contribution in [0.3, 0.4) is 0 Å². The standard InChI is InChI=1S/C9H9NO4/c11-8(12)6-7(9(13)14)10-4-2-1-3-5-10/h1-5,7H,6H2,(H-,11,12,13,14)/p+1/t7-/m0/s1. The van der Waals surface area contributed by atoms with Crippen molar-refractivity contribution >= 4 is 11.9 Å². The first-order chi connectivity index (χ1) is 6.61. The number of hydrogen-bond acceptors (Lipinski definition) is 2. The molecule has 0 radical (unpaired) electrons. The molecule has 0 bridgehead atoms. The Bertz CT molecular complexity index is 336. The van der Waals surface area contributed by atoms with Gasteiger partial charge in [0.15, 0.2) is 12.4 Å². The van der Waals surface area contributed by atoms with Gasteiger partial charge in [-0.25, -0.2) is 4.79 Å². The van der Waals surface area contributed by atoms with Crippen LogP contribution in [0.25, 0.3) is 0 Å². The third-order valence-corrected chi connectivity index (χ3v) is 1.75. The molecule has 2 N–H and O–H groups in total. The van der Waals surface area contributed by atoms with E-state index in [1.807, 2.05) is 0 Å². The lowest BCUT2D eigenvalue weighted by atomic mass is 10.2. The lowest BCUT2D eigenvalue weighted by Gasteiger charge is -2.03. The molecule has 0 amide bonds. The van der Waals surface area contributed by atoms with Crippen molar-refractivity contribution in [1.29, 1.82) is 0 Å². The second-order valence-corrected chi connectivity index (χ2v) is 2.77. The smallest absolute Gasteiger partial charge is 0.374 e. The van der Waals surface area contributed by atoms with Gasteiger partial charge in [0.05, 0.1) is 0 Å². The molecular weight excluding hydrogens is 186 g/mol. The van der Waals surface area contributed by atoms with E-state index < -0.39 is 24.4 Å². The summed E-state index contributed by atoms with van der Waals surface area (Å²) in [7, 11) is 0. The van der Waals surface area contributed by atoms with E-state index in [0.29, 0.717) is 0 Å². The topological polar surface area (TPSA) is 78.5 Å². The maximum atomic E-state index is 10.8. The zero-order chi connectivity index (χ0) is 10.6. The molecule has 14 heavy (non-hydrogen) atoms. The van der Waals surface area contributed by atoms with Crippen LogP contribution in [0, 0.1) is 0 Å². The third kappa shape index (κ3) is 2.55. The average Bonchev–Trinajstić information content (AvgIpc) is 2.15. The predicted octanol–water partition coefficient (Wildman–Crippen LogP) is 0.0745. The fourth-order valence-electron chi connectivity index (χ4n) is 1.11. The maximum Gasteiger partial charge on any atom is 0.374 e. The highest BCUT2D eigenvalue weighted by atomic mass is 16.4. The summed E-state index contributed by atoms with van der Waals surface area (Å²) in [6.07, 6.45) is 2.63. The van der Waals surface area contributed by atoms with Crippen molar-refractivity contribution < 1.29 is 24.4 Å². The molecule has 1 rings (SSSR count). The molecule has 1 atom stereocenters. The second-order valence-electron chi connectivity index (χ2n) is 2.77. The molecule has 1 heterocycles. The van der Waals surface area contributed by atoms with E-state index in [2.05, 4.69) is 0 Å². The van der Waals surface area contributed by atoms with Crippen LogP contribution in [0.4, 0.5) is 0 Å². The minimum atomic E-state index is -1.15. The number of aromatic nitrogens is 1. The molecule has 1 aromatic rings. The highest BCUT2D eigenvalue weighted by Gasteiger charge is 2.29. The Morgan fingerprint density at radius 2 is 1.71 bits per heavy atom. The summed E-state index contributed by atoms with van der Waals surface area (Å²) >= 11 is 0. The number of nitrogens with zero attached hydrogens (tertiary/aromatic N) is 1. The highest BCUT2D eigenvalue weighted by molar-refractivity contribution is 5.77. The van der Waals surface area contributed by atoms with Gasteiger partial charge in [-0.2, -0.15) is 4.57 Å². The molecule has 0 aliphatic heterocycles. The van der Waals surface area contributed by atoms with Crippen molar-refractivity contribution in [2.75, 3.05) is 0 Å². The lowest BCUT2D eigenvalue weighted by Crippen LogP contribution is -2.44. The number of aliphatic carboxylic acids is 2. The molecule has 0 aromatic carbocycles. The van der Waals surface area contributed by atoms with Crippen LogP contribution < -0.4 is 4.57 Å². The van der Waals surface area contributed by atoms with Gasteiger partial charge in [0.1, 0.15) is 6.42 Å². The van der Waals surface area contributed by atoms with Gasteiger partial charge < -0.3 is 10.2 Å². The average molecular weight is 196 g/mol. The van der Waals surface area contributed by atoms with Gasteiger partial charge in [0.2, 0.25) is 0 Å². The molecule has 0 aliphatic carbocycles. The Kier molecular flexibility index (Phi) is 3.17. The second kappa shape index (κ2) is 4.36. The molecule has 0 aliphatic rings. The zero-order valence-corrected chi connectivity index (χ0v) is 7.33. The quantitative estimate of drug-likeness (QED) is 0.668. The number of pyridine rings is 1. The summed E-state index contributed by atoms with van der Waals surface area (Å²) < 4.78 is 1.36. The Balaban J connectivity index is 2.89. The summed E-state index contributed by atoms with van der Waals surface area (Å²) in [5.74, 6) is -2.28. The van der Waals surface area contributed by atoms with Crippen LogP contribution in [0.1, 0.15) is 12.5 Å².